The maximum atomic E-state index is 13.1. The predicted molar refractivity (Wildman–Crippen MR) is 117 cm³/mol. The van der Waals surface area contributed by atoms with Crippen molar-refractivity contribution in [3.63, 3.8) is 0 Å². The van der Waals surface area contributed by atoms with E-state index < -0.39 is 41.1 Å². The Hall–Kier alpha value is -2.21. The summed E-state index contributed by atoms with van der Waals surface area (Å²) in [5, 5.41) is 11.1. The molecular formula is C25H36O6. The van der Waals surface area contributed by atoms with Gasteiger partial charge in [-0.15, -0.1) is 0 Å². The maximum absolute atomic E-state index is 13.1. The highest BCUT2D eigenvalue weighted by Gasteiger charge is 2.57. The number of carbonyl (C=O) groups is 3. The number of aliphatic hydroxyl groups is 1. The predicted octanol–water partition coefficient (Wildman–Crippen LogP) is 3.69. The van der Waals surface area contributed by atoms with Crippen molar-refractivity contribution in [2.45, 2.75) is 65.9 Å². The van der Waals surface area contributed by atoms with Crippen LogP contribution in [0.25, 0.3) is 0 Å². The van der Waals surface area contributed by atoms with Crippen LogP contribution in [0.3, 0.4) is 0 Å². The van der Waals surface area contributed by atoms with E-state index in [0.29, 0.717) is 5.56 Å². The number of Topliss-reactive ketones (excluding diaryl/α,β-unsaturated/α-hetero) is 1. The summed E-state index contributed by atoms with van der Waals surface area (Å²) in [4.78, 5) is 39.1. The number of hydrogen-bond donors (Lipinski definition) is 1. The number of carbonyl (C=O) groups excluding carboxylic acids is 3. The summed E-state index contributed by atoms with van der Waals surface area (Å²) in [5.41, 5.74) is 0.104. The molecule has 1 aromatic rings. The highest BCUT2D eigenvalue weighted by atomic mass is 16.5. The molecule has 0 radical (unpaired) electrons. The van der Waals surface area contributed by atoms with Crippen molar-refractivity contribution in [1.29, 1.82) is 0 Å². The van der Waals surface area contributed by atoms with Gasteiger partial charge in [-0.1, -0.05) is 58.9 Å². The zero-order valence-electron chi connectivity index (χ0n) is 19.5. The summed E-state index contributed by atoms with van der Waals surface area (Å²) in [6, 6.07) is 7.47. The van der Waals surface area contributed by atoms with Crippen LogP contribution in [0.1, 0.15) is 65.0 Å². The van der Waals surface area contributed by atoms with E-state index in [9.17, 15) is 19.5 Å². The third-order valence-corrected chi connectivity index (χ3v) is 5.67. The zero-order chi connectivity index (χ0) is 23.3. The Labute approximate surface area is 185 Å². The van der Waals surface area contributed by atoms with Crippen molar-refractivity contribution in [1.82, 2.24) is 0 Å². The summed E-state index contributed by atoms with van der Waals surface area (Å²) >= 11 is 0. The summed E-state index contributed by atoms with van der Waals surface area (Å²) in [6.07, 6.45) is 0.529. The van der Waals surface area contributed by atoms with Gasteiger partial charge >= 0.3 is 11.9 Å². The number of esters is 2. The highest BCUT2D eigenvalue weighted by molar-refractivity contribution is 6.02. The van der Waals surface area contributed by atoms with Crippen molar-refractivity contribution < 1.29 is 29.0 Å². The first-order valence-corrected chi connectivity index (χ1v) is 11.1. The first-order valence-electron chi connectivity index (χ1n) is 11.1. The van der Waals surface area contributed by atoms with Gasteiger partial charge in [0.25, 0.3) is 0 Å². The molecule has 0 unspecified atom stereocenters. The van der Waals surface area contributed by atoms with Crippen LogP contribution >= 0.6 is 0 Å². The minimum Gasteiger partial charge on any atom is -0.465 e. The first kappa shape index (κ1) is 25.1. The quantitative estimate of drug-likeness (QED) is 0.498. The summed E-state index contributed by atoms with van der Waals surface area (Å²) in [6.45, 7) is 11.5. The van der Waals surface area contributed by atoms with Crippen LogP contribution in [0.5, 0.6) is 0 Å². The van der Waals surface area contributed by atoms with Gasteiger partial charge in [0.15, 0.2) is 5.78 Å². The van der Waals surface area contributed by atoms with Crippen molar-refractivity contribution in [2.75, 3.05) is 13.2 Å². The van der Waals surface area contributed by atoms with Gasteiger partial charge in [-0.2, -0.15) is 0 Å². The van der Waals surface area contributed by atoms with Gasteiger partial charge in [-0.3, -0.25) is 14.4 Å². The molecule has 0 amide bonds. The second kappa shape index (κ2) is 10.4. The average molecular weight is 433 g/mol. The first-order chi connectivity index (χ1) is 14.5. The van der Waals surface area contributed by atoms with Gasteiger partial charge in [0, 0.05) is 12.3 Å². The second-order valence-corrected chi connectivity index (χ2v) is 9.62. The molecule has 1 saturated carbocycles. The van der Waals surface area contributed by atoms with E-state index >= 15 is 0 Å². The van der Waals surface area contributed by atoms with Gasteiger partial charge < -0.3 is 14.6 Å². The zero-order valence-corrected chi connectivity index (χ0v) is 19.5. The molecular weight excluding hydrogens is 396 g/mol. The van der Waals surface area contributed by atoms with Gasteiger partial charge in [0.1, 0.15) is 5.92 Å². The van der Waals surface area contributed by atoms with Crippen LogP contribution in [0.4, 0.5) is 0 Å². The van der Waals surface area contributed by atoms with Gasteiger partial charge in [0.05, 0.1) is 24.7 Å². The normalized spacial score (nSPS) is 26.2. The molecule has 6 heteroatoms. The van der Waals surface area contributed by atoms with E-state index in [4.69, 9.17) is 9.47 Å². The van der Waals surface area contributed by atoms with E-state index in [1.807, 2.05) is 58.9 Å². The Morgan fingerprint density at radius 3 is 2.03 bits per heavy atom. The smallest absolute Gasteiger partial charge is 0.317 e. The Morgan fingerprint density at radius 1 is 1.03 bits per heavy atom. The summed E-state index contributed by atoms with van der Waals surface area (Å²) < 4.78 is 10.9. The number of hydrogen-bond acceptors (Lipinski definition) is 6. The summed E-state index contributed by atoms with van der Waals surface area (Å²) in [5.74, 6) is -4.53. The van der Waals surface area contributed by atoms with E-state index in [1.54, 1.807) is 0 Å². The van der Waals surface area contributed by atoms with Crippen LogP contribution in [0.15, 0.2) is 24.3 Å². The van der Waals surface area contributed by atoms with Gasteiger partial charge in [-0.05, 0) is 36.3 Å². The molecule has 31 heavy (non-hydrogen) atoms. The van der Waals surface area contributed by atoms with Crippen molar-refractivity contribution in [3.05, 3.63) is 35.4 Å². The van der Waals surface area contributed by atoms with Crippen LogP contribution in [-0.4, -0.2) is 41.6 Å². The molecule has 1 N–H and O–H groups in total. The average Bonchev–Trinajstić information content (AvgIpc) is 2.69. The van der Waals surface area contributed by atoms with Crippen molar-refractivity contribution in [3.8, 4) is 0 Å². The van der Waals surface area contributed by atoms with Crippen molar-refractivity contribution >= 4 is 17.7 Å². The van der Waals surface area contributed by atoms with E-state index in [2.05, 4.69) is 0 Å². The monoisotopic (exact) mass is 432 g/mol. The Kier molecular flexibility index (Phi) is 8.41. The van der Waals surface area contributed by atoms with Crippen LogP contribution < -0.4 is 0 Å². The molecule has 1 aliphatic rings. The minimum absolute atomic E-state index is 0.111. The standard InChI is InChI=1S/C25H36O6/c1-7-17-8-10-18(11-9-17)20-21(23(27)30-13-15(2)3)19(26)12-25(6,29)22(20)24(28)31-14-16(4)5/h8-11,15-16,20-22,29H,7,12-14H2,1-6H3/t20-,21+,22+,25-/m1/s1. The number of benzene rings is 1. The molecule has 0 aliphatic heterocycles. The molecule has 1 fully saturated rings. The Balaban J connectivity index is 2.52. The molecule has 0 heterocycles. The van der Waals surface area contributed by atoms with Crippen molar-refractivity contribution in [2.24, 2.45) is 23.7 Å². The van der Waals surface area contributed by atoms with Crippen LogP contribution in [0.2, 0.25) is 0 Å². The maximum Gasteiger partial charge on any atom is 0.317 e. The fourth-order valence-electron chi connectivity index (χ4n) is 4.07. The number of rotatable bonds is 8. The molecule has 4 atom stereocenters. The molecule has 2 rings (SSSR count). The Bertz CT molecular complexity index is 778. The topological polar surface area (TPSA) is 89.9 Å². The molecule has 0 aromatic heterocycles. The minimum atomic E-state index is -1.63. The third-order valence-electron chi connectivity index (χ3n) is 5.67. The molecule has 172 valence electrons. The number of ether oxygens (including phenoxy) is 2. The largest absolute Gasteiger partial charge is 0.465 e. The SMILES string of the molecule is CCc1ccc([C@@H]2[C@@H](C(=O)OCC(C)C)C(=O)C[C@@](C)(O)[C@@H]2C(=O)OCC(C)C)cc1. The van der Waals surface area contributed by atoms with E-state index in [0.717, 1.165) is 12.0 Å². The molecule has 1 aliphatic carbocycles. The summed E-state index contributed by atoms with van der Waals surface area (Å²) in [7, 11) is 0. The van der Waals surface area contributed by atoms with Gasteiger partial charge in [-0.25, -0.2) is 0 Å². The van der Waals surface area contributed by atoms with E-state index in [-0.39, 0.29) is 31.5 Å². The van der Waals surface area contributed by atoms with Gasteiger partial charge in [0.2, 0.25) is 0 Å². The lowest BCUT2D eigenvalue weighted by molar-refractivity contribution is -0.173. The van der Waals surface area contributed by atoms with Crippen LogP contribution in [0, 0.1) is 23.7 Å². The van der Waals surface area contributed by atoms with Crippen LogP contribution in [-0.2, 0) is 30.3 Å². The lowest BCUT2D eigenvalue weighted by Crippen LogP contribution is -2.55. The molecule has 0 spiro atoms. The molecule has 1 aromatic carbocycles. The lowest BCUT2D eigenvalue weighted by Gasteiger charge is -2.43. The fourth-order valence-corrected chi connectivity index (χ4v) is 4.07. The van der Waals surface area contributed by atoms with E-state index in [1.165, 1.54) is 6.92 Å². The third kappa shape index (κ3) is 6.16. The molecule has 0 saturated heterocycles. The molecule has 0 bridgehead atoms. The number of aryl methyl sites for hydroxylation is 1. The Morgan fingerprint density at radius 2 is 1.55 bits per heavy atom. The molecule has 6 nitrogen and oxygen atoms in total. The lowest BCUT2D eigenvalue weighted by atomic mass is 9.61. The number of ketones is 1. The fraction of sp³-hybridized carbons (Fsp3) is 0.640. The highest BCUT2D eigenvalue weighted by Crippen LogP contribution is 2.46. The second-order valence-electron chi connectivity index (χ2n) is 9.62.